The molecule has 1 saturated heterocycles. The topological polar surface area (TPSA) is 140 Å². The second kappa shape index (κ2) is 7.85. The summed E-state index contributed by atoms with van der Waals surface area (Å²) in [4.78, 5) is 30.1. The normalized spacial score (nSPS) is 18.4. The van der Waals surface area contributed by atoms with Crippen molar-refractivity contribution in [3.05, 3.63) is 23.5 Å². The van der Waals surface area contributed by atoms with E-state index in [4.69, 9.17) is 28.8 Å². The highest BCUT2D eigenvalue weighted by atomic mass is 35.5. The Balaban J connectivity index is 1.41. The molecule has 2 aromatic heterocycles. The fourth-order valence-corrected chi connectivity index (χ4v) is 4.48. The maximum atomic E-state index is 12.6. The minimum Gasteiger partial charge on any atom is -0.382 e. The van der Waals surface area contributed by atoms with E-state index in [9.17, 15) is 4.79 Å². The molecule has 0 radical (unpaired) electrons. The van der Waals surface area contributed by atoms with Gasteiger partial charge in [-0.05, 0) is 25.3 Å². The third-order valence-electron chi connectivity index (χ3n) is 5.40. The van der Waals surface area contributed by atoms with E-state index in [0.717, 1.165) is 19.3 Å². The molecule has 2 fully saturated rings. The summed E-state index contributed by atoms with van der Waals surface area (Å²) in [6, 6.07) is 1.75. The van der Waals surface area contributed by atoms with Gasteiger partial charge in [-0.1, -0.05) is 23.4 Å². The molecule has 0 aromatic carbocycles. The van der Waals surface area contributed by atoms with Crippen LogP contribution in [0.2, 0.25) is 5.02 Å². The molecule has 2 aromatic rings. The Morgan fingerprint density at radius 3 is 2.48 bits per heavy atom. The van der Waals surface area contributed by atoms with E-state index in [-0.39, 0.29) is 11.7 Å². The van der Waals surface area contributed by atoms with E-state index in [2.05, 4.69) is 19.9 Å². The van der Waals surface area contributed by atoms with Crippen LogP contribution in [-0.2, 0) is 4.79 Å². The second-order valence-electron chi connectivity index (χ2n) is 7.32. The van der Waals surface area contributed by atoms with Gasteiger partial charge in [-0.15, -0.1) is 0 Å². The molecule has 1 aliphatic carbocycles. The average molecular weight is 435 g/mol. The molecule has 9 nitrogen and oxygen atoms in total. The van der Waals surface area contributed by atoms with Crippen LogP contribution in [0.3, 0.4) is 0 Å². The molecule has 2 aliphatic rings. The summed E-state index contributed by atoms with van der Waals surface area (Å²) < 4.78 is 0. The average Bonchev–Trinajstić information content (AvgIpc) is 2.70. The van der Waals surface area contributed by atoms with Crippen molar-refractivity contribution < 1.29 is 4.79 Å². The van der Waals surface area contributed by atoms with Crippen LogP contribution in [0.1, 0.15) is 19.3 Å². The monoisotopic (exact) mass is 434 g/mol. The number of pyridine rings is 1. The van der Waals surface area contributed by atoms with Gasteiger partial charge in [0, 0.05) is 37.3 Å². The lowest BCUT2D eigenvalue weighted by molar-refractivity contribution is -0.140. The number of hydrogen-bond donors (Lipinski definition) is 3. The molecule has 1 aliphatic heterocycles. The number of carbonyl (C=O) groups excluding carboxylic acids is 1. The maximum Gasteiger partial charge on any atom is 0.242 e. The second-order valence-corrected chi connectivity index (χ2v) is 8.73. The van der Waals surface area contributed by atoms with Crippen molar-refractivity contribution in [3.63, 3.8) is 0 Å². The van der Waals surface area contributed by atoms with Crippen molar-refractivity contribution in [3.8, 4) is 0 Å². The van der Waals surface area contributed by atoms with Crippen molar-refractivity contribution in [1.29, 1.82) is 0 Å². The number of halogens is 1. The van der Waals surface area contributed by atoms with Crippen molar-refractivity contribution in [2.24, 2.45) is 5.73 Å². The number of nitrogen functional groups attached to an aromatic ring is 2. The first-order chi connectivity index (χ1) is 13.9. The first-order valence-electron chi connectivity index (χ1n) is 9.41. The lowest BCUT2D eigenvalue weighted by Gasteiger charge is -2.43. The third kappa shape index (κ3) is 3.92. The van der Waals surface area contributed by atoms with Gasteiger partial charge in [-0.2, -0.15) is 0 Å². The van der Waals surface area contributed by atoms with Crippen LogP contribution < -0.4 is 22.1 Å². The van der Waals surface area contributed by atoms with Crippen LogP contribution in [0.4, 0.5) is 17.5 Å². The molecule has 0 spiro atoms. The van der Waals surface area contributed by atoms with Crippen molar-refractivity contribution in [1.82, 2.24) is 19.9 Å². The molecule has 0 unspecified atom stereocenters. The maximum absolute atomic E-state index is 12.6. The lowest BCUT2D eigenvalue weighted by atomic mass is 9.76. The summed E-state index contributed by atoms with van der Waals surface area (Å²) in [5, 5.41) is 0.915. The molecule has 11 heteroatoms. The largest absolute Gasteiger partial charge is 0.382 e. The smallest absolute Gasteiger partial charge is 0.242 e. The Labute approximate surface area is 178 Å². The predicted molar refractivity (Wildman–Crippen MR) is 114 cm³/mol. The number of piperazine rings is 1. The van der Waals surface area contributed by atoms with Crippen LogP contribution in [0.15, 0.2) is 28.4 Å². The number of amides is 1. The molecule has 29 heavy (non-hydrogen) atoms. The van der Waals surface area contributed by atoms with Crippen LogP contribution in [-0.4, -0.2) is 57.5 Å². The Morgan fingerprint density at radius 1 is 1.14 bits per heavy atom. The van der Waals surface area contributed by atoms with Gasteiger partial charge in [-0.3, -0.25) is 4.79 Å². The number of hydrogen-bond acceptors (Lipinski definition) is 9. The van der Waals surface area contributed by atoms with Gasteiger partial charge in [-0.25, -0.2) is 15.0 Å². The number of anilines is 3. The molecule has 4 rings (SSSR count). The molecular formula is C18H23ClN8OS. The fourth-order valence-electron chi connectivity index (χ4n) is 3.46. The van der Waals surface area contributed by atoms with Gasteiger partial charge in [0.05, 0.1) is 16.8 Å². The molecule has 0 atom stereocenters. The van der Waals surface area contributed by atoms with Gasteiger partial charge >= 0.3 is 0 Å². The van der Waals surface area contributed by atoms with Gasteiger partial charge in [0.1, 0.15) is 16.7 Å². The lowest BCUT2D eigenvalue weighted by Crippen LogP contribution is -2.62. The summed E-state index contributed by atoms with van der Waals surface area (Å²) in [6.45, 7) is 2.55. The van der Waals surface area contributed by atoms with E-state index >= 15 is 0 Å². The number of carbonyl (C=O) groups is 1. The summed E-state index contributed by atoms with van der Waals surface area (Å²) in [5.41, 5.74) is 17.4. The van der Waals surface area contributed by atoms with Crippen LogP contribution >= 0.6 is 23.4 Å². The molecular weight excluding hydrogens is 412 g/mol. The van der Waals surface area contributed by atoms with Gasteiger partial charge in [0.2, 0.25) is 5.91 Å². The van der Waals surface area contributed by atoms with E-state index in [1.807, 2.05) is 4.90 Å². The zero-order valence-electron chi connectivity index (χ0n) is 15.8. The minimum atomic E-state index is -0.650. The molecule has 154 valence electrons. The first kappa shape index (κ1) is 20.0. The van der Waals surface area contributed by atoms with Crippen molar-refractivity contribution in [2.75, 3.05) is 42.5 Å². The first-order valence-corrected chi connectivity index (χ1v) is 10.6. The van der Waals surface area contributed by atoms with Gasteiger partial charge < -0.3 is 27.0 Å². The highest BCUT2D eigenvalue weighted by molar-refractivity contribution is 7.99. The Bertz CT molecular complexity index is 930. The highest BCUT2D eigenvalue weighted by Crippen LogP contribution is 2.37. The highest BCUT2D eigenvalue weighted by Gasteiger charge is 2.43. The SMILES string of the molecule is Nc1nc(N2CCN(C(=O)C3(N)CCC3)CC2)cnc1Sc1ccnc(N)c1Cl. The zero-order chi connectivity index (χ0) is 20.6. The number of nitrogens with two attached hydrogens (primary N) is 3. The van der Waals surface area contributed by atoms with E-state index in [1.165, 1.54) is 11.8 Å². The van der Waals surface area contributed by atoms with E-state index < -0.39 is 5.54 Å². The molecule has 0 bridgehead atoms. The Morgan fingerprint density at radius 2 is 1.86 bits per heavy atom. The van der Waals surface area contributed by atoms with Crippen LogP contribution in [0, 0.1) is 0 Å². The third-order valence-corrected chi connectivity index (χ3v) is 6.98. The summed E-state index contributed by atoms with van der Waals surface area (Å²) in [6.07, 6.45) is 5.85. The number of aromatic nitrogens is 3. The quantitative estimate of drug-likeness (QED) is 0.650. The van der Waals surface area contributed by atoms with Crippen molar-refractivity contribution in [2.45, 2.75) is 34.7 Å². The fraction of sp³-hybridized carbons (Fsp3) is 0.444. The molecule has 6 N–H and O–H groups in total. The van der Waals surface area contributed by atoms with Crippen LogP contribution in [0.5, 0.6) is 0 Å². The van der Waals surface area contributed by atoms with Gasteiger partial charge in [0.25, 0.3) is 0 Å². The predicted octanol–water partition coefficient (Wildman–Crippen LogP) is 1.37. The molecule has 1 saturated carbocycles. The minimum absolute atomic E-state index is 0.0641. The summed E-state index contributed by atoms with van der Waals surface area (Å²) in [7, 11) is 0. The molecule has 1 amide bonds. The van der Waals surface area contributed by atoms with Crippen molar-refractivity contribution >= 4 is 46.7 Å². The Kier molecular flexibility index (Phi) is 5.41. The molecule has 3 heterocycles. The standard InChI is InChI=1S/C18H23ClN8OS/c19-13-11(2-5-23-14(13)20)29-16-15(21)25-12(10-24-16)26-6-8-27(9-7-26)17(28)18(22)3-1-4-18/h2,5,10H,1,3-4,6-9,22H2,(H2,20,23)(H2,21,25). The summed E-state index contributed by atoms with van der Waals surface area (Å²) in [5.74, 6) is 1.32. The van der Waals surface area contributed by atoms with Gasteiger partial charge in [0.15, 0.2) is 5.82 Å². The van der Waals surface area contributed by atoms with Crippen LogP contribution in [0.25, 0.3) is 0 Å². The number of nitrogens with zero attached hydrogens (tertiary/aromatic N) is 5. The Hall–Kier alpha value is -2.30. The van der Waals surface area contributed by atoms with E-state index in [1.54, 1.807) is 18.5 Å². The number of rotatable bonds is 4. The summed E-state index contributed by atoms with van der Waals surface area (Å²) >= 11 is 7.48. The van der Waals surface area contributed by atoms with E-state index in [0.29, 0.717) is 52.8 Å². The zero-order valence-corrected chi connectivity index (χ0v) is 17.4.